The van der Waals surface area contributed by atoms with Crippen LogP contribution < -0.4 is 0 Å². The first-order valence-corrected chi connectivity index (χ1v) is 5.14. The summed E-state index contributed by atoms with van der Waals surface area (Å²) in [5.41, 5.74) is 0. The third kappa shape index (κ3) is 1.52. The summed E-state index contributed by atoms with van der Waals surface area (Å²) in [4.78, 5) is 15.3. The van der Waals surface area contributed by atoms with Gasteiger partial charge in [-0.15, -0.1) is 0 Å². The number of likely N-dealkylation sites (tertiary alicyclic amines) is 1. The van der Waals surface area contributed by atoms with E-state index in [1.54, 1.807) is 4.90 Å². The molecule has 2 amide bonds. The summed E-state index contributed by atoms with van der Waals surface area (Å²) in [5.74, 6) is 1.62. The van der Waals surface area contributed by atoms with Gasteiger partial charge in [-0.1, -0.05) is 6.42 Å². The summed E-state index contributed by atoms with van der Waals surface area (Å²) in [6, 6.07) is 0.189. The molecule has 3 nitrogen and oxygen atoms in total. The van der Waals surface area contributed by atoms with Gasteiger partial charge in [-0.05, 0) is 24.7 Å². The average Bonchev–Trinajstić information content (AvgIpc) is 2.59. The number of carbonyl (C=O) groups is 1. The van der Waals surface area contributed by atoms with Gasteiger partial charge in [-0.3, -0.25) is 0 Å². The average molecular weight is 182 g/mol. The largest absolute Gasteiger partial charge is 0.331 e. The molecule has 1 saturated carbocycles. The zero-order chi connectivity index (χ0) is 9.42. The van der Waals surface area contributed by atoms with Crippen LogP contribution in [0.25, 0.3) is 0 Å². The minimum atomic E-state index is 0.189. The summed E-state index contributed by atoms with van der Waals surface area (Å²) in [5, 5.41) is 0. The highest BCUT2D eigenvalue weighted by atomic mass is 16.2. The lowest BCUT2D eigenvalue weighted by atomic mass is 10.0. The van der Waals surface area contributed by atoms with E-state index >= 15 is 0 Å². The Morgan fingerprint density at radius 2 is 1.77 bits per heavy atom. The lowest BCUT2D eigenvalue weighted by Crippen LogP contribution is -2.38. The van der Waals surface area contributed by atoms with Crippen molar-refractivity contribution in [2.45, 2.75) is 19.3 Å². The normalized spacial score (nSPS) is 32.0. The van der Waals surface area contributed by atoms with Crippen LogP contribution in [0, 0.1) is 11.8 Å². The third-order valence-corrected chi connectivity index (χ3v) is 3.38. The number of hydrogen-bond donors (Lipinski definition) is 0. The van der Waals surface area contributed by atoms with Gasteiger partial charge in [0.25, 0.3) is 0 Å². The molecule has 0 aromatic heterocycles. The molecule has 74 valence electrons. The Labute approximate surface area is 79.7 Å². The molecule has 0 unspecified atom stereocenters. The highest BCUT2D eigenvalue weighted by molar-refractivity contribution is 5.74. The van der Waals surface area contributed by atoms with Crippen LogP contribution in [0.15, 0.2) is 0 Å². The molecule has 3 heteroatoms. The van der Waals surface area contributed by atoms with Crippen LogP contribution in [-0.2, 0) is 0 Å². The van der Waals surface area contributed by atoms with E-state index in [1.165, 1.54) is 19.3 Å². The van der Waals surface area contributed by atoms with Crippen LogP contribution in [0.1, 0.15) is 19.3 Å². The van der Waals surface area contributed by atoms with Gasteiger partial charge in [-0.25, -0.2) is 4.79 Å². The maximum atomic E-state index is 11.6. The lowest BCUT2D eigenvalue weighted by molar-refractivity contribution is 0.178. The summed E-state index contributed by atoms with van der Waals surface area (Å²) >= 11 is 0. The van der Waals surface area contributed by atoms with E-state index in [0.29, 0.717) is 0 Å². The van der Waals surface area contributed by atoms with Crippen LogP contribution in [0.5, 0.6) is 0 Å². The van der Waals surface area contributed by atoms with Crippen molar-refractivity contribution in [1.82, 2.24) is 9.80 Å². The smallest absolute Gasteiger partial charge is 0.319 e. The molecule has 0 N–H and O–H groups in total. The molecule has 1 heterocycles. The van der Waals surface area contributed by atoms with Gasteiger partial charge in [0, 0.05) is 27.2 Å². The molecule has 13 heavy (non-hydrogen) atoms. The Morgan fingerprint density at radius 3 is 2.23 bits per heavy atom. The zero-order valence-corrected chi connectivity index (χ0v) is 8.49. The Kier molecular flexibility index (Phi) is 2.18. The van der Waals surface area contributed by atoms with E-state index in [-0.39, 0.29) is 6.03 Å². The first-order valence-electron chi connectivity index (χ1n) is 5.14. The molecule has 0 aromatic rings. The van der Waals surface area contributed by atoms with Crippen molar-refractivity contribution >= 4 is 6.03 Å². The van der Waals surface area contributed by atoms with Gasteiger partial charge in [0.2, 0.25) is 0 Å². The quantitative estimate of drug-likeness (QED) is 0.555. The van der Waals surface area contributed by atoms with E-state index in [1.807, 2.05) is 19.0 Å². The van der Waals surface area contributed by atoms with Crippen molar-refractivity contribution in [2.75, 3.05) is 27.2 Å². The van der Waals surface area contributed by atoms with Crippen LogP contribution in [0.3, 0.4) is 0 Å². The molecule has 0 spiro atoms. The molecule has 0 radical (unpaired) electrons. The molecule has 0 bridgehead atoms. The van der Waals surface area contributed by atoms with Crippen molar-refractivity contribution in [2.24, 2.45) is 11.8 Å². The highest BCUT2D eigenvalue weighted by Gasteiger charge is 2.38. The number of urea groups is 1. The van der Waals surface area contributed by atoms with Gasteiger partial charge in [0.15, 0.2) is 0 Å². The predicted octanol–water partition coefficient (Wildman–Crippen LogP) is 1.40. The molecule has 2 fully saturated rings. The zero-order valence-electron chi connectivity index (χ0n) is 8.49. The number of carbonyl (C=O) groups excluding carboxylic acids is 1. The van der Waals surface area contributed by atoms with Gasteiger partial charge in [0.05, 0.1) is 0 Å². The van der Waals surface area contributed by atoms with E-state index < -0.39 is 0 Å². The first-order chi connectivity index (χ1) is 6.18. The van der Waals surface area contributed by atoms with Gasteiger partial charge >= 0.3 is 6.03 Å². The Morgan fingerprint density at radius 1 is 1.23 bits per heavy atom. The van der Waals surface area contributed by atoms with Crippen LogP contribution in [0.2, 0.25) is 0 Å². The van der Waals surface area contributed by atoms with Gasteiger partial charge < -0.3 is 9.80 Å². The topological polar surface area (TPSA) is 23.6 Å². The molecule has 1 aliphatic heterocycles. The van der Waals surface area contributed by atoms with Crippen molar-refractivity contribution < 1.29 is 4.79 Å². The monoisotopic (exact) mass is 182 g/mol. The van der Waals surface area contributed by atoms with E-state index in [0.717, 1.165) is 24.9 Å². The number of amides is 2. The number of rotatable bonds is 0. The molecule has 0 aromatic carbocycles. The fourth-order valence-electron chi connectivity index (χ4n) is 2.67. The summed E-state index contributed by atoms with van der Waals surface area (Å²) in [6.45, 7) is 2.00. The minimum Gasteiger partial charge on any atom is -0.331 e. The molecule has 2 rings (SSSR count). The van der Waals surface area contributed by atoms with E-state index in [9.17, 15) is 4.79 Å². The first kappa shape index (κ1) is 8.85. The van der Waals surface area contributed by atoms with Gasteiger partial charge in [0.1, 0.15) is 0 Å². The summed E-state index contributed by atoms with van der Waals surface area (Å²) in [6.07, 6.45) is 4.04. The second-order valence-corrected chi connectivity index (χ2v) is 4.53. The molecule has 1 aliphatic carbocycles. The Balaban J connectivity index is 1.95. The number of hydrogen-bond acceptors (Lipinski definition) is 1. The van der Waals surface area contributed by atoms with Gasteiger partial charge in [-0.2, -0.15) is 0 Å². The molecular weight excluding hydrogens is 164 g/mol. The maximum Gasteiger partial charge on any atom is 0.319 e. The van der Waals surface area contributed by atoms with Crippen LogP contribution in [0.4, 0.5) is 4.79 Å². The Bertz CT molecular complexity index is 203. The SMILES string of the molecule is CN(C)C(=O)N1C[C@H]2CCC[C@H]2C1. The lowest BCUT2D eigenvalue weighted by Gasteiger charge is -2.21. The predicted molar refractivity (Wildman–Crippen MR) is 51.5 cm³/mol. The minimum absolute atomic E-state index is 0.189. The molecular formula is C10H18N2O. The second-order valence-electron chi connectivity index (χ2n) is 4.53. The number of fused-ring (bicyclic) bond motifs is 1. The summed E-state index contributed by atoms with van der Waals surface area (Å²) in [7, 11) is 3.66. The van der Waals surface area contributed by atoms with Crippen LogP contribution in [-0.4, -0.2) is 43.0 Å². The molecule has 2 atom stereocenters. The third-order valence-electron chi connectivity index (χ3n) is 3.38. The van der Waals surface area contributed by atoms with E-state index in [4.69, 9.17) is 0 Å². The molecule has 2 aliphatic rings. The highest BCUT2D eigenvalue weighted by Crippen LogP contribution is 2.37. The number of nitrogens with zero attached hydrogens (tertiary/aromatic N) is 2. The fourth-order valence-corrected chi connectivity index (χ4v) is 2.67. The fraction of sp³-hybridized carbons (Fsp3) is 0.900. The molecule has 1 saturated heterocycles. The van der Waals surface area contributed by atoms with E-state index in [2.05, 4.69) is 0 Å². The Hall–Kier alpha value is -0.730. The van der Waals surface area contributed by atoms with Crippen LogP contribution >= 0.6 is 0 Å². The maximum absolute atomic E-state index is 11.6. The second kappa shape index (κ2) is 3.20. The summed E-state index contributed by atoms with van der Waals surface area (Å²) < 4.78 is 0. The van der Waals surface area contributed by atoms with Crippen molar-refractivity contribution in [1.29, 1.82) is 0 Å². The van der Waals surface area contributed by atoms with Crippen molar-refractivity contribution in [3.05, 3.63) is 0 Å². The standard InChI is InChI=1S/C10H18N2O/c1-11(2)10(13)12-6-8-4-3-5-9(8)7-12/h8-9H,3-7H2,1-2H3/t8-,9+. The van der Waals surface area contributed by atoms with Crippen molar-refractivity contribution in [3.63, 3.8) is 0 Å². The van der Waals surface area contributed by atoms with Crippen molar-refractivity contribution in [3.8, 4) is 0 Å².